The van der Waals surface area contributed by atoms with Gasteiger partial charge in [-0.2, -0.15) is 0 Å². The first kappa shape index (κ1) is 15.3. The van der Waals surface area contributed by atoms with E-state index < -0.39 is 18.1 Å². The van der Waals surface area contributed by atoms with Gasteiger partial charge in [0.1, 0.15) is 5.75 Å². The quantitative estimate of drug-likeness (QED) is 0.851. The molecule has 2 aliphatic rings. The predicted octanol–water partition coefficient (Wildman–Crippen LogP) is 0.831. The van der Waals surface area contributed by atoms with Crippen LogP contribution in [0.3, 0.4) is 0 Å². The summed E-state index contributed by atoms with van der Waals surface area (Å²) in [5.41, 5.74) is 8.38. The highest BCUT2D eigenvalue weighted by Gasteiger charge is 2.36. The van der Waals surface area contributed by atoms with Gasteiger partial charge in [0.25, 0.3) is 5.91 Å². The van der Waals surface area contributed by atoms with E-state index in [0.29, 0.717) is 30.3 Å². The molecule has 1 saturated heterocycles. The number of benzene rings is 1. The zero-order chi connectivity index (χ0) is 17.6. The number of ether oxygens (including phenoxy) is 3. The van der Waals surface area contributed by atoms with Gasteiger partial charge in [-0.15, -0.1) is 5.10 Å². The Morgan fingerprint density at radius 3 is 3.04 bits per heavy atom. The number of fused-ring (bicyclic) bond motifs is 3. The molecule has 2 amide bonds. The smallest absolute Gasteiger partial charge is 0.415 e. The van der Waals surface area contributed by atoms with Gasteiger partial charge in [0.05, 0.1) is 31.6 Å². The summed E-state index contributed by atoms with van der Waals surface area (Å²) >= 11 is 0. The molecule has 1 aromatic heterocycles. The number of amides is 2. The number of hydrogen-bond donors (Lipinski definition) is 2. The third kappa shape index (κ3) is 2.44. The van der Waals surface area contributed by atoms with Crippen LogP contribution in [0.1, 0.15) is 5.56 Å². The van der Waals surface area contributed by atoms with Crippen molar-refractivity contribution in [3.63, 3.8) is 0 Å². The topological polar surface area (TPSA) is 120 Å². The number of anilines is 1. The van der Waals surface area contributed by atoms with Crippen molar-refractivity contribution < 1.29 is 23.8 Å². The van der Waals surface area contributed by atoms with Gasteiger partial charge in [0.2, 0.25) is 5.88 Å². The molecule has 1 aromatic carbocycles. The van der Waals surface area contributed by atoms with E-state index in [2.05, 4.69) is 10.2 Å². The maximum absolute atomic E-state index is 12.0. The van der Waals surface area contributed by atoms with Crippen molar-refractivity contribution >= 4 is 17.7 Å². The number of nitrogens with zero attached hydrogens (tertiary/aromatic N) is 2. The minimum Gasteiger partial charge on any atom is -0.492 e. The molecule has 1 atom stereocenters. The zero-order valence-electron chi connectivity index (χ0n) is 13.4. The van der Waals surface area contributed by atoms with Crippen molar-refractivity contribution in [3.05, 3.63) is 23.8 Å². The first-order valence-electron chi connectivity index (χ1n) is 7.74. The summed E-state index contributed by atoms with van der Waals surface area (Å²) in [4.78, 5) is 24.6. The van der Waals surface area contributed by atoms with Crippen molar-refractivity contribution in [2.75, 3.05) is 25.2 Å². The summed E-state index contributed by atoms with van der Waals surface area (Å²) in [5.74, 6) is 0.483. The Morgan fingerprint density at radius 1 is 1.48 bits per heavy atom. The number of hydrogen-bond acceptors (Lipinski definition) is 6. The molecule has 0 aliphatic carbocycles. The number of H-pyrrole nitrogens is 1. The lowest BCUT2D eigenvalue weighted by Crippen LogP contribution is -2.32. The molecule has 4 rings (SSSR count). The fraction of sp³-hybridized carbons (Fsp3) is 0.312. The van der Waals surface area contributed by atoms with Crippen LogP contribution in [0, 0.1) is 0 Å². The van der Waals surface area contributed by atoms with Crippen LogP contribution >= 0.6 is 0 Å². The highest BCUT2D eigenvalue weighted by molar-refractivity contribution is 5.95. The van der Waals surface area contributed by atoms with Gasteiger partial charge < -0.3 is 19.9 Å². The molecule has 0 radical (unpaired) electrons. The summed E-state index contributed by atoms with van der Waals surface area (Å²) in [7, 11) is 1.57. The number of methoxy groups -OCH3 is 1. The van der Waals surface area contributed by atoms with Crippen molar-refractivity contribution in [1.82, 2.24) is 10.2 Å². The molecule has 2 aromatic rings. The average Bonchev–Trinajstić information content (AvgIpc) is 3.13. The Bertz CT molecular complexity index is 862. The summed E-state index contributed by atoms with van der Waals surface area (Å²) in [6.45, 7) is 0.532. The largest absolute Gasteiger partial charge is 0.492 e. The second-order valence-electron chi connectivity index (χ2n) is 5.75. The number of primary amides is 1. The summed E-state index contributed by atoms with van der Waals surface area (Å²) in [6.07, 6.45) is -0.911. The summed E-state index contributed by atoms with van der Waals surface area (Å²) in [5, 5.41) is 7.13. The summed E-state index contributed by atoms with van der Waals surface area (Å²) < 4.78 is 16.1. The van der Waals surface area contributed by atoms with Crippen molar-refractivity contribution in [1.29, 1.82) is 0 Å². The van der Waals surface area contributed by atoms with E-state index in [1.54, 1.807) is 19.2 Å². The zero-order valence-corrected chi connectivity index (χ0v) is 13.4. The lowest BCUT2D eigenvalue weighted by Gasteiger charge is -2.15. The number of carbonyl (C=O) groups is 2. The van der Waals surface area contributed by atoms with Crippen molar-refractivity contribution in [3.8, 4) is 22.9 Å². The number of nitrogens with two attached hydrogens (primary N) is 1. The Balaban J connectivity index is 1.70. The van der Waals surface area contributed by atoms with Gasteiger partial charge in [0.15, 0.2) is 6.10 Å². The van der Waals surface area contributed by atoms with E-state index in [1.807, 2.05) is 6.07 Å². The van der Waals surface area contributed by atoms with Crippen molar-refractivity contribution in [2.45, 2.75) is 12.5 Å². The number of cyclic esters (lactones) is 1. The van der Waals surface area contributed by atoms with Gasteiger partial charge >= 0.3 is 6.09 Å². The molecule has 2 aliphatic heterocycles. The van der Waals surface area contributed by atoms with Gasteiger partial charge in [-0.05, 0) is 12.1 Å². The third-order valence-electron chi connectivity index (χ3n) is 4.31. The maximum atomic E-state index is 12.0. The van der Waals surface area contributed by atoms with E-state index in [-0.39, 0.29) is 6.54 Å². The average molecular weight is 344 g/mol. The molecule has 25 heavy (non-hydrogen) atoms. The van der Waals surface area contributed by atoms with E-state index in [0.717, 1.165) is 16.8 Å². The molecular weight excluding hydrogens is 328 g/mol. The number of carbonyl (C=O) groups excluding carboxylic acids is 2. The fourth-order valence-electron chi connectivity index (χ4n) is 3.06. The molecule has 1 fully saturated rings. The fourth-order valence-corrected chi connectivity index (χ4v) is 3.06. The molecule has 3 heterocycles. The van der Waals surface area contributed by atoms with Gasteiger partial charge in [-0.25, -0.2) is 4.79 Å². The van der Waals surface area contributed by atoms with Gasteiger partial charge in [-0.3, -0.25) is 14.8 Å². The minimum absolute atomic E-state index is 0.0794. The van der Waals surface area contributed by atoms with Crippen LogP contribution in [0.2, 0.25) is 0 Å². The van der Waals surface area contributed by atoms with Crippen LogP contribution in [0.15, 0.2) is 18.2 Å². The Hall–Kier alpha value is -3.23. The standard InChI is InChI=1S/C16H16N4O5/c1-23-15-10-4-5-24-11-6-8(2-3-9(11)13(10)18-19-15)20-7-12(14(17)21)25-16(20)22/h2-3,6,12H,4-5,7H2,1H3,(H2,17,21)(H,18,19)/t12-/m1/s1. The number of rotatable bonds is 3. The first-order chi connectivity index (χ1) is 12.1. The first-order valence-corrected chi connectivity index (χ1v) is 7.74. The SMILES string of the molecule is COc1n[nH]c2c1CCOc1cc(N3C[C@H](C(N)=O)OC3=O)ccc1-2. The highest BCUT2D eigenvalue weighted by atomic mass is 16.6. The number of aromatic nitrogens is 2. The second kappa shape index (κ2) is 5.69. The molecule has 130 valence electrons. The Kier molecular flexibility index (Phi) is 3.48. The highest BCUT2D eigenvalue weighted by Crippen LogP contribution is 2.39. The molecule has 0 spiro atoms. The van der Waals surface area contributed by atoms with Gasteiger partial charge in [-0.1, -0.05) is 0 Å². The molecule has 9 nitrogen and oxygen atoms in total. The molecule has 3 N–H and O–H groups in total. The summed E-state index contributed by atoms with van der Waals surface area (Å²) in [6, 6.07) is 5.33. The van der Waals surface area contributed by atoms with E-state index in [9.17, 15) is 9.59 Å². The number of nitrogens with one attached hydrogen (secondary N) is 1. The molecule has 0 unspecified atom stereocenters. The van der Waals surface area contributed by atoms with Crippen LogP contribution in [-0.4, -0.2) is 48.6 Å². The van der Waals surface area contributed by atoms with Crippen molar-refractivity contribution in [2.24, 2.45) is 5.73 Å². The number of aromatic amines is 1. The Labute approximate surface area is 142 Å². The lowest BCUT2D eigenvalue weighted by atomic mass is 10.1. The Morgan fingerprint density at radius 2 is 2.32 bits per heavy atom. The van der Waals surface area contributed by atoms with Crippen LogP contribution in [-0.2, 0) is 16.0 Å². The van der Waals surface area contributed by atoms with Crippen LogP contribution in [0.25, 0.3) is 11.3 Å². The van der Waals surface area contributed by atoms with Crippen LogP contribution < -0.4 is 20.1 Å². The van der Waals surface area contributed by atoms with Gasteiger partial charge in [0, 0.05) is 23.6 Å². The van der Waals surface area contributed by atoms with Crippen LogP contribution in [0.5, 0.6) is 11.6 Å². The maximum Gasteiger partial charge on any atom is 0.415 e. The second-order valence-corrected chi connectivity index (χ2v) is 5.75. The van der Waals surface area contributed by atoms with Crippen LogP contribution in [0.4, 0.5) is 10.5 Å². The molecule has 0 saturated carbocycles. The molecule has 0 bridgehead atoms. The van der Waals surface area contributed by atoms with E-state index in [4.69, 9.17) is 19.9 Å². The third-order valence-corrected chi connectivity index (χ3v) is 4.31. The monoisotopic (exact) mass is 344 g/mol. The normalized spacial score (nSPS) is 18.7. The van der Waals surface area contributed by atoms with E-state index in [1.165, 1.54) is 4.90 Å². The van der Waals surface area contributed by atoms with E-state index >= 15 is 0 Å². The molecular formula is C16H16N4O5. The minimum atomic E-state index is -0.948. The lowest BCUT2D eigenvalue weighted by molar-refractivity contribution is -0.124. The molecule has 9 heteroatoms. The predicted molar refractivity (Wildman–Crippen MR) is 86.6 cm³/mol.